The third-order valence-electron chi connectivity index (χ3n) is 3.46. The van der Waals surface area contributed by atoms with Crippen molar-refractivity contribution in [3.63, 3.8) is 0 Å². The molecule has 0 heterocycles. The Bertz CT molecular complexity index is 661. The van der Waals surface area contributed by atoms with Gasteiger partial charge < -0.3 is 33.2 Å². The molecule has 2 aromatic carbocycles. The molecular weight excluding hydrogens is 340 g/mol. The molecule has 144 valence electrons. The lowest BCUT2D eigenvalue weighted by atomic mass is 10.2. The second-order valence-corrected chi connectivity index (χ2v) is 4.79. The number of ether oxygens (including phenoxy) is 7. The highest BCUT2D eigenvalue weighted by molar-refractivity contribution is 5.55. The zero-order valence-corrected chi connectivity index (χ0v) is 16.2. The molecular formula is C19H26O7. The van der Waals surface area contributed by atoms with Gasteiger partial charge in [-0.2, -0.15) is 0 Å². The van der Waals surface area contributed by atoms with Crippen LogP contribution < -0.4 is 33.2 Å². The van der Waals surface area contributed by atoms with Crippen molar-refractivity contribution in [3.05, 3.63) is 30.3 Å². The van der Waals surface area contributed by atoms with Crippen molar-refractivity contribution < 1.29 is 33.2 Å². The van der Waals surface area contributed by atoms with Gasteiger partial charge in [-0.1, -0.05) is 0 Å². The van der Waals surface area contributed by atoms with Crippen molar-refractivity contribution in [2.75, 3.05) is 49.8 Å². The van der Waals surface area contributed by atoms with Gasteiger partial charge in [0, 0.05) is 18.2 Å². The van der Waals surface area contributed by atoms with E-state index in [1.165, 1.54) is 0 Å². The van der Waals surface area contributed by atoms with E-state index in [1.54, 1.807) is 74.0 Å². The number of hydrogen-bond donors (Lipinski definition) is 0. The van der Waals surface area contributed by atoms with Crippen LogP contribution in [0.2, 0.25) is 0 Å². The lowest BCUT2D eigenvalue weighted by molar-refractivity contribution is 0.318. The summed E-state index contributed by atoms with van der Waals surface area (Å²) in [6.45, 7) is 0. The van der Waals surface area contributed by atoms with Gasteiger partial charge in [0.05, 0.1) is 49.8 Å². The number of methoxy groups -OCH3 is 7. The quantitative estimate of drug-likeness (QED) is 0.744. The fourth-order valence-electron chi connectivity index (χ4n) is 2.12. The van der Waals surface area contributed by atoms with Gasteiger partial charge in [0.25, 0.3) is 0 Å². The van der Waals surface area contributed by atoms with E-state index in [9.17, 15) is 0 Å². The summed E-state index contributed by atoms with van der Waals surface area (Å²) in [6, 6.07) is 8.88. The van der Waals surface area contributed by atoms with Gasteiger partial charge in [0.1, 0.15) is 11.5 Å². The Morgan fingerprint density at radius 2 is 0.885 bits per heavy atom. The maximum absolute atomic E-state index is 5.15. The van der Waals surface area contributed by atoms with Crippen molar-refractivity contribution in [3.8, 4) is 40.2 Å². The Kier molecular flexibility index (Phi) is 8.77. The van der Waals surface area contributed by atoms with E-state index in [0.717, 1.165) is 5.75 Å². The minimum Gasteiger partial charge on any atom is -0.497 e. The van der Waals surface area contributed by atoms with E-state index in [0.29, 0.717) is 34.5 Å². The summed E-state index contributed by atoms with van der Waals surface area (Å²) in [5.41, 5.74) is 0. The summed E-state index contributed by atoms with van der Waals surface area (Å²) >= 11 is 0. The van der Waals surface area contributed by atoms with Gasteiger partial charge >= 0.3 is 0 Å². The minimum atomic E-state index is 0.566. The Morgan fingerprint density at radius 3 is 1.27 bits per heavy atom. The van der Waals surface area contributed by atoms with Crippen LogP contribution in [0.25, 0.3) is 0 Å². The molecule has 2 aromatic rings. The second-order valence-electron chi connectivity index (χ2n) is 4.79. The van der Waals surface area contributed by atoms with E-state index < -0.39 is 0 Å². The summed E-state index contributed by atoms with van der Waals surface area (Å²) in [6.07, 6.45) is 0. The Morgan fingerprint density at radius 1 is 0.423 bits per heavy atom. The first kappa shape index (κ1) is 21.1. The monoisotopic (exact) mass is 366 g/mol. The number of benzene rings is 2. The predicted molar refractivity (Wildman–Crippen MR) is 98.7 cm³/mol. The maximum Gasteiger partial charge on any atom is 0.203 e. The smallest absolute Gasteiger partial charge is 0.203 e. The molecule has 26 heavy (non-hydrogen) atoms. The topological polar surface area (TPSA) is 64.6 Å². The van der Waals surface area contributed by atoms with Crippen LogP contribution in [0.4, 0.5) is 0 Å². The van der Waals surface area contributed by atoms with Crippen molar-refractivity contribution in [2.24, 2.45) is 0 Å². The first-order valence-electron chi connectivity index (χ1n) is 7.68. The molecule has 0 N–H and O–H groups in total. The van der Waals surface area contributed by atoms with Crippen LogP contribution in [0.15, 0.2) is 30.3 Å². The summed E-state index contributed by atoms with van der Waals surface area (Å²) in [7, 11) is 11.1. The maximum atomic E-state index is 5.15. The number of hydrogen-bond acceptors (Lipinski definition) is 7. The molecule has 0 aliphatic carbocycles. The lowest BCUT2D eigenvalue weighted by Gasteiger charge is -2.13. The van der Waals surface area contributed by atoms with Gasteiger partial charge in [-0.25, -0.2) is 0 Å². The number of rotatable bonds is 7. The first-order chi connectivity index (χ1) is 12.6. The fourth-order valence-corrected chi connectivity index (χ4v) is 2.12. The predicted octanol–water partition coefficient (Wildman–Crippen LogP) is 3.43. The van der Waals surface area contributed by atoms with E-state index in [1.807, 2.05) is 6.07 Å². The molecule has 0 saturated carbocycles. The largest absolute Gasteiger partial charge is 0.497 e. The third kappa shape index (κ3) is 5.27. The van der Waals surface area contributed by atoms with E-state index in [-0.39, 0.29) is 0 Å². The van der Waals surface area contributed by atoms with Gasteiger partial charge in [0.2, 0.25) is 5.75 Å². The molecule has 0 bridgehead atoms. The Balaban J connectivity index is 0.000000263. The van der Waals surface area contributed by atoms with E-state index in [2.05, 4.69) is 0 Å². The molecule has 0 aliphatic heterocycles. The molecule has 0 radical (unpaired) electrons. The fraction of sp³-hybridized carbons (Fsp3) is 0.368. The zero-order chi connectivity index (χ0) is 19.5. The van der Waals surface area contributed by atoms with Crippen LogP contribution in [0.3, 0.4) is 0 Å². The average molecular weight is 366 g/mol. The van der Waals surface area contributed by atoms with Crippen molar-refractivity contribution in [2.45, 2.75) is 0 Å². The first-order valence-corrected chi connectivity index (χ1v) is 7.68. The summed E-state index contributed by atoms with van der Waals surface area (Å²) in [5, 5.41) is 0. The van der Waals surface area contributed by atoms with Crippen LogP contribution in [0.5, 0.6) is 40.2 Å². The SMILES string of the molecule is COc1cc(OC)c(OC)c(OC)c1.COc1ccc(OC)c(OC)c1. The van der Waals surface area contributed by atoms with Crippen molar-refractivity contribution in [1.82, 2.24) is 0 Å². The molecule has 0 fully saturated rings. The van der Waals surface area contributed by atoms with Crippen LogP contribution in [0.1, 0.15) is 0 Å². The molecule has 0 spiro atoms. The summed E-state index contributed by atoms with van der Waals surface area (Å²) in [5.74, 6) is 4.55. The van der Waals surface area contributed by atoms with Gasteiger partial charge in [-0.05, 0) is 12.1 Å². The van der Waals surface area contributed by atoms with Crippen LogP contribution >= 0.6 is 0 Å². The summed E-state index contributed by atoms with van der Waals surface area (Å²) in [4.78, 5) is 0. The molecule has 0 saturated heterocycles. The standard InChI is InChI=1S/C10H14O4.C9H12O3/c1-11-7-5-8(12-2)10(14-4)9(6-7)13-3;1-10-7-4-5-8(11-2)9(6-7)12-3/h5-6H,1-4H3;4-6H,1-3H3. The molecule has 7 heteroatoms. The Hall–Kier alpha value is -2.96. The molecule has 0 aromatic heterocycles. The lowest BCUT2D eigenvalue weighted by Crippen LogP contribution is -1.95. The van der Waals surface area contributed by atoms with E-state index >= 15 is 0 Å². The molecule has 7 nitrogen and oxygen atoms in total. The highest BCUT2D eigenvalue weighted by atomic mass is 16.5. The molecule has 0 atom stereocenters. The highest BCUT2D eigenvalue weighted by Crippen LogP contribution is 2.40. The van der Waals surface area contributed by atoms with Crippen LogP contribution in [-0.2, 0) is 0 Å². The molecule has 0 amide bonds. The van der Waals surface area contributed by atoms with Crippen LogP contribution in [0, 0.1) is 0 Å². The molecule has 0 aliphatic rings. The Labute approximate surface area is 154 Å². The van der Waals surface area contributed by atoms with Gasteiger partial charge in [-0.15, -0.1) is 0 Å². The van der Waals surface area contributed by atoms with Crippen LogP contribution in [-0.4, -0.2) is 49.8 Å². The van der Waals surface area contributed by atoms with Crippen molar-refractivity contribution in [1.29, 1.82) is 0 Å². The second kappa shape index (κ2) is 10.8. The van der Waals surface area contributed by atoms with Crippen molar-refractivity contribution >= 4 is 0 Å². The zero-order valence-electron chi connectivity index (χ0n) is 16.2. The highest BCUT2D eigenvalue weighted by Gasteiger charge is 2.12. The molecule has 0 unspecified atom stereocenters. The van der Waals surface area contributed by atoms with Gasteiger partial charge in [-0.3, -0.25) is 0 Å². The normalized spacial score (nSPS) is 9.35. The third-order valence-corrected chi connectivity index (χ3v) is 3.46. The van der Waals surface area contributed by atoms with E-state index in [4.69, 9.17) is 33.2 Å². The summed E-state index contributed by atoms with van der Waals surface area (Å²) < 4.78 is 35.7. The molecule has 2 rings (SSSR count). The van der Waals surface area contributed by atoms with Gasteiger partial charge in [0.15, 0.2) is 23.0 Å². The minimum absolute atomic E-state index is 0.566. The average Bonchev–Trinajstić information content (AvgIpc) is 2.72.